The van der Waals surface area contributed by atoms with Gasteiger partial charge in [-0.25, -0.2) is 17.1 Å². The van der Waals surface area contributed by atoms with E-state index in [4.69, 9.17) is 4.74 Å². The summed E-state index contributed by atoms with van der Waals surface area (Å²) in [5.41, 5.74) is 0.596. The van der Waals surface area contributed by atoms with Crippen molar-refractivity contribution >= 4 is 21.6 Å². The first-order valence-corrected chi connectivity index (χ1v) is 10.1. The molecule has 0 aliphatic carbocycles. The molecule has 0 saturated heterocycles. The van der Waals surface area contributed by atoms with Gasteiger partial charge in [-0.15, -0.1) is 0 Å². The number of ether oxygens (including phenoxy) is 1. The fourth-order valence-corrected chi connectivity index (χ4v) is 3.62. The Hall–Kier alpha value is -2.71. The average Bonchev–Trinajstić information content (AvgIpc) is 2.67. The van der Waals surface area contributed by atoms with Crippen molar-refractivity contribution in [1.82, 2.24) is 4.31 Å². The second kappa shape index (κ2) is 10.0. The van der Waals surface area contributed by atoms with Gasteiger partial charge in [-0.1, -0.05) is 18.7 Å². The first-order valence-electron chi connectivity index (χ1n) is 8.68. The predicted octanol–water partition coefficient (Wildman–Crippen LogP) is 3.43. The van der Waals surface area contributed by atoms with Crippen LogP contribution in [0.2, 0.25) is 0 Å². The Kier molecular flexibility index (Phi) is 7.71. The van der Waals surface area contributed by atoms with E-state index in [0.29, 0.717) is 24.5 Å². The zero-order valence-electron chi connectivity index (χ0n) is 15.6. The predicted molar refractivity (Wildman–Crippen MR) is 106 cm³/mol. The summed E-state index contributed by atoms with van der Waals surface area (Å²) in [6.45, 7) is 4.11. The topological polar surface area (TPSA) is 75.7 Å². The molecule has 0 aromatic heterocycles. The lowest BCUT2D eigenvalue weighted by Gasteiger charge is -2.17. The Morgan fingerprint density at radius 3 is 2.64 bits per heavy atom. The fraction of sp³-hybridized carbons (Fsp3) is 0.250. The second-order valence-corrected chi connectivity index (χ2v) is 8.10. The number of nitrogens with zero attached hydrogens (tertiary/aromatic N) is 1. The monoisotopic (exact) mass is 406 g/mol. The molecule has 0 atom stereocenters. The molecule has 0 aliphatic rings. The smallest absolute Gasteiger partial charge is 0.242 e. The molecular formula is C20H23FN2O4S. The number of nitrogens with one attached hydrogen (secondary N) is 1. The Bertz CT molecular complexity index is 914. The highest BCUT2D eigenvalue weighted by Gasteiger charge is 2.20. The molecule has 28 heavy (non-hydrogen) atoms. The van der Waals surface area contributed by atoms with Crippen molar-refractivity contribution < 1.29 is 22.3 Å². The molecule has 0 saturated carbocycles. The fourth-order valence-electron chi connectivity index (χ4n) is 2.41. The summed E-state index contributed by atoms with van der Waals surface area (Å²) in [4.78, 5) is 12.1. The number of anilines is 1. The number of hydrogen-bond donors (Lipinski definition) is 1. The molecule has 0 fully saturated rings. The molecule has 6 nitrogen and oxygen atoms in total. The minimum Gasteiger partial charge on any atom is -0.489 e. The summed E-state index contributed by atoms with van der Waals surface area (Å²) >= 11 is 0. The molecular weight excluding hydrogens is 383 g/mol. The third kappa shape index (κ3) is 6.17. The minimum absolute atomic E-state index is 0.0113. The highest BCUT2D eigenvalue weighted by Crippen LogP contribution is 2.18. The minimum atomic E-state index is -3.72. The molecule has 8 heteroatoms. The molecule has 0 bridgehead atoms. The Morgan fingerprint density at radius 2 is 1.96 bits per heavy atom. The van der Waals surface area contributed by atoms with Crippen LogP contribution in [0.3, 0.4) is 0 Å². The van der Waals surface area contributed by atoms with E-state index in [2.05, 4.69) is 11.9 Å². The number of carbonyl (C=O) groups is 1. The molecule has 0 heterocycles. The molecule has 0 unspecified atom stereocenters. The van der Waals surface area contributed by atoms with Gasteiger partial charge in [-0.05, 0) is 42.8 Å². The van der Waals surface area contributed by atoms with Crippen LogP contribution in [0.5, 0.6) is 5.75 Å². The van der Waals surface area contributed by atoms with Crippen LogP contribution in [0.1, 0.15) is 12.8 Å². The van der Waals surface area contributed by atoms with Crippen LogP contribution in [0.25, 0.3) is 0 Å². The summed E-state index contributed by atoms with van der Waals surface area (Å²) in [7, 11) is -2.29. The molecule has 2 aromatic carbocycles. The van der Waals surface area contributed by atoms with Gasteiger partial charge in [0.25, 0.3) is 0 Å². The number of halogens is 1. The SMILES string of the molecule is C=CCOc1cccc(NC(=O)CCCN(C)S(=O)(=O)c2ccc(F)cc2)c1. The number of benzene rings is 2. The maximum absolute atomic E-state index is 13.0. The lowest BCUT2D eigenvalue weighted by Crippen LogP contribution is -2.28. The molecule has 0 radical (unpaired) electrons. The lowest BCUT2D eigenvalue weighted by atomic mass is 10.2. The average molecular weight is 406 g/mol. The molecule has 2 aromatic rings. The van der Waals surface area contributed by atoms with Crippen molar-refractivity contribution in [3.8, 4) is 5.75 Å². The van der Waals surface area contributed by atoms with Crippen LogP contribution in [-0.4, -0.2) is 38.8 Å². The highest BCUT2D eigenvalue weighted by molar-refractivity contribution is 7.89. The molecule has 1 amide bonds. The van der Waals surface area contributed by atoms with Gasteiger partial charge in [-0.3, -0.25) is 4.79 Å². The number of rotatable bonds is 10. The van der Waals surface area contributed by atoms with Crippen molar-refractivity contribution in [2.45, 2.75) is 17.7 Å². The summed E-state index contributed by atoms with van der Waals surface area (Å²) in [5, 5.41) is 2.75. The first kappa shape index (κ1) is 21.6. The molecule has 150 valence electrons. The van der Waals surface area contributed by atoms with E-state index in [9.17, 15) is 17.6 Å². The lowest BCUT2D eigenvalue weighted by molar-refractivity contribution is -0.116. The number of carbonyl (C=O) groups excluding carboxylic acids is 1. The molecule has 2 rings (SSSR count). The van der Waals surface area contributed by atoms with Crippen molar-refractivity contribution in [1.29, 1.82) is 0 Å². The van der Waals surface area contributed by atoms with Crippen LogP contribution in [0.4, 0.5) is 10.1 Å². The number of hydrogen-bond acceptors (Lipinski definition) is 4. The van der Waals surface area contributed by atoms with Crippen LogP contribution in [0.15, 0.2) is 66.1 Å². The standard InChI is InChI=1S/C20H23FN2O4S/c1-3-14-27-18-7-4-6-17(15-18)22-20(24)8-5-13-23(2)28(25,26)19-11-9-16(21)10-12-19/h3-4,6-7,9-12,15H,1,5,8,13-14H2,2H3,(H,22,24). The molecule has 0 spiro atoms. The molecule has 1 N–H and O–H groups in total. The number of sulfonamides is 1. The summed E-state index contributed by atoms with van der Waals surface area (Å²) in [6, 6.07) is 11.6. The van der Waals surface area contributed by atoms with Crippen LogP contribution < -0.4 is 10.1 Å². The van der Waals surface area contributed by atoms with E-state index in [1.165, 1.54) is 19.2 Å². The van der Waals surface area contributed by atoms with Crippen LogP contribution in [-0.2, 0) is 14.8 Å². The van der Waals surface area contributed by atoms with Crippen molar-refractivity contribution in [3.63, 3.8) is 0 Å². The van der Waals surface area contributed by atoms with Crippen molar-refractivity contribution in [3.05, 3.63) is 67.0 Å². The van der Waals surface area contributed by atoms with Gasteiger partial charge in [0.2, 0.25) is 15.9 Å². The summed E-state index contributed by atoms with van der Waals surface area (Å²) in [6.07, 6.45) is 2.12. The van der Waals surface area contributed by atoms with E-state index in [0.717, 1.165) is 16.4 Å². The van der Waals surface area contributed by atoms with Gasteiger partial charge in [0.1, 0.15) is 18.2 Å². The zero-order valence-corrected chi connectivity index (χ0v) is 16.4. The van der Waals surface area contributed by atoms with E-state index in [1.807, 2.05) is 0 Å². The van der Waals surface area contributed by atoms with Crippen LogP contribution in [0, 0.1) is 5.82 Å². The Labute approximate surface area is 164 Å². The van der Waals surface area contributed by atoms with Crippen molar-refractivity contribution in [2.75, 3.05) is 25.5 Å². The summed E-state index contributed by atoms with van der Waals surface area (Å²) in [5.74, 6) is -0.117. The van der Waals surface area contributed by atoms with Crippen molar-refractivity contribution in [2.24, 2.45) is 0 Å². The van der Waals surface area contributed by atoms with E-state index < -0.39 is 15.8 Å². The van der Waals surface area contributed by atoms with E-state index in [1.54, 1.807) is 30.3 Å². The first-order chi connectivity index (χ1) is 13.3. The summed E-state index contributed by atoms with van der Waals surface area (Å²) < 4.78 is 44.4. The van der Waals surface area contributed by atoms with Crippen LogP contribution >= 0.6 is 0 Å². The van der Waals surface area contributed by atoms with E-state index >= 15 is 0 Å². The quantitative estimate of drug-likeness (QED) is 0.614. The van der Waals surface area contributed by atoms with Gasteiger partial charge in [0.15, 0.2) is 0 Å². The third-order valence-electron chi connectivity index (χ3n) is 3.88. The largest absolute Gasteiger partial charge is 0.489 e. The van der Waals surface area contributed by atoms with Gasteiger partial charge >= 0.3 is 0 Å². The normalized spacial score (nSPS) is 11.2. The van der Waals surface area contributed by atoms with Gasteiger partial charge < -0.3 is 10.1 Å². The third-order valence-corrected chi connectivity index (χ3v) is 5.76. The van der Waals surface area contributed by atoms with Gasteiger partial charge in [0, 0.05) is 31.8 Å². The zero-order chi connectivity index (χ0) is 20.6. The Balaban J connectivity index is 1.84. The van der Waals surface area contributed by atoms with Gasteiger partial charge in [0.05, 0.1) is 4.90 Å². The number of amides is 1. The maximum Gasteiger partial charge on any atom is 0.242 e. The molecule has 0 aliphatic heterocycles. The highest BCUT2D eigenvalue weighted by atomic mass is 32.2. The van der Waals surface area contributed by atoms with E-state index in [-0.39, 0.29) is 23.8 Å². The second-order valence-electron chi connectivity index (χ2n) is 6.06. The Morgan fingerprint density at radius 1 is 1.25 bits per heavy atom. The van der Waals surface area contributed by atoms with Gasteiger partial charge in [-0.2, -0.15) is 0 Å². The maximum atomic E-state index is 13.0.